The van der Waals surface area contributed by atoms with Crippen molar-refractivity contribution in [3.8, 4) is 5.75 Å². The molecule has 0 radical (unpaired) electrons. The van der Waals surface area contributed by atoms with Crippen LogP contribution >= 0.6 is 0 Å². The molecule has 34 heavy (non-hydrogen) atoms. The molecule has 0 N–H and O–H groups in total. The van der Waals surface area contributed by atoms with E-state index >= 15 is 0 Å². The Labute approximate surface area is 195 Å². The fraction of sp³-hybridized carbons (Fsp3) is 0.458. The number of amides is 1. The summed E-state index contributed by atoms with van der Waals surface area (Å²) in [7, 11) is 2.98. The molecule has 182 valence electrons. The number of hydrogen-bond donors (Lipinski definition) is 0. The fourth-order valence-corrected chi connectivity index (χ4v) is 4.57. The number of carbonyl (C=O) groups is 2. The van der Waals surface area contributed by atoms with Crippen LogP contribution in [-0.4, -0.2) is 66.6 Å². The van der Waals surface area contributed by atoms with Crippen LogP contribution in [0.2, 0.25) is 0 Å². The van der Waals surface area contributed by atoms with Crippen LogP contribution in [0.4, 0.5) is 8.78 Å². The Bertz CT molecular complexity index is 1170. The second kappa shape index (κ2) is 9.92. The average molecular weight is 475 g/mol. The lowest BCUT2D eigenvalue weighted by Crippen LogP contribution is -2.29. The van der Waals surface area contributed by atoms with Crippen molar-refractivity contribution in [2.45, 2.75) is 25.9 Å². The number of fused-ring (bicyclic) bond motifs is 1. The minimum absolute atomic E-state index is 0.0265. The lowest BCUT2D eigenvalue weighted by atomic mass is 10.1. The van der Waals surface area contributed by atoms with Gasteiger partial charge in [-0.3, -0.25) is 14.5 Å². The van der Waals surface area contributed by atoms with Gasteiger partial charge in [-0.2, -0.15) is 0 Å². The molecule has 1 fully saturated rings. The molecule has 1 saturated heterocycles. The number of carbonyl (C=O) groups excluding carboxylic acids is 2. The van der Waals surface area contributed by atoms with Gasteiger partial charge in [-0.15, -0.1) is 0 Å². The molecule has 3 heterocycles. The van der Waals surface area contributed by atoms with E-state index in [4.69, 9.17) is 9.47 Å². The van der Waals surface area contributed by atoms with Crippen LogP contribution in [0.5, 0.6) is 5.75 Å². The topological polar surface area (TPSA) is 81.1 Å². The number of esters is 1. The third-order valence-corrected chi connectivity index (χ3v) is 6.37. The summed E-state index contributed by atoms with van der Waals surface area (Å²) < 4.78 is 40.1. The minimum atomic E-state index is -0.622. The van der Waals surface area contributed by atoms with Crippen LogP contribution < -0.4 is 10.3 Å². The summed E-state index contributed by atoms with van der Waals surface area (Å²) in [6.45, 7) is 2.02. The highest BCUT2D eigenvalue weighted by atomic mass is 19.1. The van der Waals surface area contributed by atoms with E-state index in [2.05, 4.69) is 0 Å². The molecule has 0 bridgehead atoms. The SMILES string of the molecule is COC(=O)c1c(OCC2CC(=O)N(C)C2)cc(=O)n2c1CCN(Cc1cc(F)ccc1F)CC2. The summed E-state index contributed by atoms with van der Waals surface area (Å²) in [5, 5.41) is 0. The van der Waals surface area contributed by atoms with Crippen molar-refractivity contribution in [2.75, 3.05) is 40.4 Å². The Morgan fingerprint density at radius 3 is 2.65 bits per heavy atom. The van der Waals surface area contributed by atoms with Crippen molar-refractivity contribution in [1.82, 2.24) is 14.4 Å². The first kappa shape index (κ1) is 23.9. The Kier molecular flexibility index (Phi) is 6.97. The lowest BCUT2D eigenvalue weighted by molar-refractivity contribution is -0.126. The molecule has 2 aromatic rings. The minimum Gasteiger partial charge on any atom is -0.492 e. The van der Waals surface area contributed by atoms with E-state index in [0.717, 1.165) is 18.2 Å². The second-order valence-corrected chi connectivity index (χ2v) is 8.73. The zero-order chi connectivity index (χ0) is 24.4. The molecule has 1 amide bonds. The quantitative estimate of drug-likeness (QED) is 0.593. The van der Waals surface area contributed by atoms with Gasteiger partial charge in [-0.1, -0.05) is 0 Å². The van der Waals surface area contributed by atoms with E-state index in [9.17, 15) is 23.2 Å². The molecule has 0 spiro atoms. The molecule has 8 nitrogen and oxygen atoms in total. The van der Waals surface area contributed by atoms with Gasteiger partial charge in [-0.25, -0.2) is 13.6 Å². The van der Waals surface area contributed by atoms with Gasteiger partial charge in [0.1, 0.15) is 22.9 Å². The van der Waals surface area contributed by atoms with Crippen molar-refractivity contribution in [2.24, 2.45) is 5.92 Å². The van der Waals surface area contributed by atoms with Crippen molar-refractivity contribution in [3.05, 3.63) is 63.1 Å². The van der Waals surface area contributed by atoms with Crippen molar-refractivity contribution in [3.63, 3.8) is 0 Å². The molecular weight excluding hydrogens is 448 g/mol. The number of benzene rings is 1. The highest BCUT2D eigenvalue weighted by Gasteiger charge is 2.30. The van der Waals surface area contributed by atoms with Gasteiger partial charge in [0.2, 0.25) is 5.91 Å². The molecule has 2 aliphatic rings. The zero-order valence-electron chi connectivity index (χ0n) is 19.2. The van der Waals surface area contributed by atoms with E-state index < -0.39 is 17.6 Å². The number of hydrogen-bond acceptors (Lipinski definition) is 6. The maximum Gasteiger partial charge on any atom is 0.343 e. The predicted molar refractivity (Wildman–Crippen MR) is 119 cm³/mol. The normalized spacial score (nSPS) is 18.5. The van der Waals surface area contributed by atoms with Crippen molar-refractivity contribution in [1.29, 1.82) is 0 Å². The molecule has 2 aliphatic heterocycles. The molecule has 1 atom stereocenters. The Morgan fingerprint density at radius 2 is 1.94 bits per heavy atom. The zero-order valence-corrected chi connectivity index (χ0v) is 19.2. The van der Waals surface area contributed by atoms with E-state index in [1.54, 1.807) is 11.9 Å². The molecule has 0 aliphatic carbocycles. The molecular formula is C24H27F2N3O5. The summed E-state index contributed by atoms with van der Waals surface area (Å²) in [6, 6.07) is 4.60. The first-order valence-electron chi connectivity index (χ1n) is 11.1. The van der Waals surface area contributed by atoms with Gasteiger partial charge in [0, 0.05) is 75.9 Å². The highest BCUT2D eigenvalue weighted by molar-refractivity contribution is 5.93. The summed E-state index contributed by atoms with van der Waals surface area (Å²) in [4.78, 5) is 40.9. The van der Waals surface area contributed by atoms with Crippen molar-refractivity contribution < 1.29 is 27.8 Å². The number of pyridine rings is 1. The maximum absolute atomic E-state index is 14.1. The third kappa shape index (κ3) is 4.96. The van der Waals surface area contributed by atoms with Crippen molar-refractivity contribution >= 4 is 11.9 Å². The van der Waals surface area contributed by atoms with Gasteiger partial charge in [0.15, 0.2) is 0 Å². The Hall–Kier alpha value is -3.27. The monoisotopic (exact) mass is 475 g/mol. The van der Waals surface area contributed by atoms with Gasteiger partial charge in [0.05, 0.1) is 13.7 Å². The Morgan fingerprint density at radius 1 is 1.15 bits per heavy atom. The standard InChI is InChI=1S/C24H27F2N3O5/c1-27-12-15(9-21(27)30)14-34-20-11-22(31)29-8-7-28(6-5-19(29)23(20)24(32)33-2)13-16-10-17(25)3-4-18(16)26/h3-4,10-11,15H,5-9,12-14H2,1-2H3. The van der Waals surface area contributed by atoms with Crippen LogP contribution in [0, 0.1) is 17.6 Å². The largest absolute Gasteiger partial charge is 0.492 e. The molecule has 1 aromatic carbocycles. The maximum atomic E-state index is 14.1. The van der Waals surface area contributed by atoms with E-state index in [1.807, 2.05) is 4.90 Å². The number of aromatic nitrogens is 1. The second-order valence-electron chi connectivity index (χ2n) is 8.73. The number of likely N-dealkylation sites (tertiary alicyclic amines) is 1. The average Bonchev–Trinajstić information content (AvgIpc) is 2.99. The van der Waals surface area contributed by atoms with Crippen LogP contribution in [0.1, 0.15) is 28.0 Å². The van der Waals surface area contributed by atoms with Gasteiger partial charge in [-0.05, 0) is 18.2 Å². The van der Waals surface area contributed by atoms with Crippen LogP contribution in [0.3, 0.4) is 0 Å². The lowest BCUT2D eigenvalue weighted by Gasteiger charge is -2.19. The highest BCUT2D eigenvalue weighted by Crippen LogP contribution is 2.26. The third-order valence-electron chi connectivity index (χ3n) is 6.37. The van der Waals surface area contributed by atoms with Gasteiger partial charge in [0.25, 0.3) is 5.56 Å². The molecule has 10 heteroatoms. The fourth-order valence-electron chi connectivity index (χ4n) is 4.57. The number of rotatable bonds is 6. The van der Waals surface area contributed by atoms with Crippen LogP contribution in [0.15, 0.2) is 29.1 Å². The van der Waals surface area contributed by atoms with Crippen LogP contribution in [0.25, 0.3) is 0 Å². The summed E-state index contributed by atoms with van der Waals surface area (Å²) in [6.07, 6.45) is 0.665. The summed E-state index contributed by atoms with van der Waals surface area (Å²) in [5.74, 6) is -1.52. The predicted octanol–water partition coefficient (Wildman–Crippen LogP) is 1.83. The number of ether oxygens (including phenoxy) is 2. The Balaban J connectivity index is 1.57. The first-order chi connectivity index (χ1) is 16.3. The number of nitrogens with zero attached hydrogens (tertiary/aromatic N) is 3. The number of halogens is 2. The molecule has 0 saturated carbocycles. The molecule has 4 rings (SSSR count). The van der Waals surface area contributed by atoms with Crippen LogP contribution in [-0.2, 0) is 29.0 Å². The molecule has 1 unspecified atom stereocenters. The number of methoxy groups -OCH3 is 1. The van der Waals surface area contributed by atoms with Gasteiger partial charge >= 0.3 is 5.97 Å². The van der Waals surface area contributed by atoms with E-state index in [0.29, 0.717) is 38.2 Å². The smallest absolute Gasteiger partial charge is 0.343 e. The van der Waals surface area contributed by atoms with E-state index in [-0.39, 0.29) is 54.0 Å². The first-order valence-corrected chi connectivity index (χ1v) is 11.1. The van der Waals surface area contributed by atoms with E-state index in [1.165, 1.54) is 17.7 Å². The summed E-state index contributed by atoms with van der Waals surface area (Å²) in [5.41, 5.74) is 0.567. The summed E-state index contributed by atoms with van der Waals surface area (Å²) >= 11 is 0. The molecule has 1 aromatic heterocycles. The van der Waals surface area contributed by atoms with Gasteiger partial charge < -0.3 is 18.9 Å².